The average Bonchev–Trinajstić information content (AvgIpc) is 2.27. The predicted octanol–water partition coefficient (Wildman–Crippen LogP) is 1.84. The second kappa shape index (κ2) is 6.17. The minimum absolute atomic E-state index is 0.0652. The van der Waals surface area contributed by atoms with Crippen LogP contribution < -0.4 is 0 Å². The van der Waals surface area contributed by atoms with Crippen LogP contribution in [0.3, 0.4) is 0 Å². The fourth-order valence-electron chi connectivity index (χ4n) is 3.51. The quantitative estimate of drug-likeness (QED) is 0.707. The number of aliphatic hydroxyl groups excluding tert-OH is 3. The lowest BCUT2D eigenvalue weighted by Gasteiger charge is -2.32. The topological polar surface area (TPSA) is 60.7 Å². The van der Waals surface area contributed by atoms with Gasteiger partial charge in [-0.15, -0.1) is 0 Å². The van der Waals surface area contributed by atoms with E-state index in [9.17, 15) is 15.3 Å². The molecule has 17 heavy (non-hydrogen) atoms. The monoisotopic (exact) mass is 242 g/mol. The SMILES string of the molecule is OC1CCC(CCC2CC(O)CC(O)C2)CC1. The van der Waals surface area contributed by atoms with Gasteiger partial charge in [0.2, 0.25) is 0 Å². The molecular weight excluding hydrogens is 216 g/mol. The third kappa shape index (κ3) is 4.23. The van der Waals surface area contributed by atoms with E-state index in [1.807, 2.05) is 0 Å². The van der Waals surface area contributed by atoms with Crippen molar-refractivity contribution in [2.45, 2.75) is 76.1 Å². The van der Waals surface area contributed by atoms with Gasteiger partial charge in [0.15, 0.2) is 0 Å². The number of hydrogen-bond donors (Lipinski definition) is 3. The largest absolute Gasteiger partial charge is 0.393 e. The Morgan fingerprint density at radius 2 is 1.12 bits per heavy atom. The molecule has 0 spiro atoms. The van der Waals surface area contributed by atoms with Gasteiger partial charge >= 0.3 is 0 Å². The summed E-state index contributed by atoms with van der Waals surface area (Å²) in [6.45, 7) is 0. The maximum absolute atomic E-state index is 9.63. The minimum Gasteiger partial charge on any atom is -0.393 e. The third-order valence-electron chi connectivity index (χ3n) is 4.55. The van der Waals surface area contributed by atoms with Crippen LogP contribution in [0.5, 0.6) is 0 Å². The molecule has 0 amide bonds. The van der Waals surface area contributed by atoms with Crippen LogP contribution in [0.25, 0.3) is 0 Å². The zero-order chi connectivity index (χ0) is 12.3. The highest BCUT2D eigenvalue weighted by Crippen LogP contribution is 2.33. The summed E-state index contributed by atoms with van der Waals surface area (Å²) in [4.78, 5) is 0. The van der Waals surface area contributed by atoms with Gasteiger partial charge in [0.1, 0.15) is 0 Å². The van der Waals surface area contributed by atoms with E-state index in [1.54, 1.807) is 0 Å². The van der Waals surface area contributed by atoms with Gasteiger partial charge in [-0.05, 0) is 63.2 Å². The van der Waals surface area contributed by atoms with E-state index < -0.39 is 0 Å². The van der Waals surface area contributed by atoms with Crippen molar-refractivity contribution in [2.24, 2.45) is 11.8 Å². The molecule has 3 N–H and O–H groups in total. The van der Waals surface area contributed by atoms with E-state index in [0.29, 0.717) is 12.3 Å². The Balaban J connectivity index is 1.67. The van der Waals surface area contributed by atoms with Crippen LogP contribution in [-0.4, -0.2) is 33.6 Å². The first-order valence-corrected chi connectivity index (χ1v) is 7.17. The molecule has 0 radical (unpaired) electrons. The van der Waals surface area contributed by atoms with Crippen LogP contribution in [0.4, 0.5) is 0 Å². The Morgan fingerprint density at radius 1 is 0.588 bits per heavy atom. The van der Waals surface area contributed by atoms with Crippen LogP contribution in [0.2, 0.25) is 0 Å². The Morgan fingerprint density at radius 3 is 1.71 bits per heavy atom. The number of rotatable bonds is 3. The summed E-state index contributed by atoms with van der Waals surface area (Å²) in [5.41, 5.74) is 0. The van der Waals surface area contributed by atoms with Gasteiger partial charge in [-0.1, -0.05) is 6.42 Å². The molecule has 0 aromatic rings. The molecule has 2 unspecified atom stereocenters. The molecule has 2 atom stereocenters. The standard InChI is InChI=1S/C14H26O3/c15-12-5-3-10(4-6-12)1-2-11-7-13(16)9-14(17)8-11/h10-17H,1-9H2. The van der Waals surface area contributed by atoms with Gasteiger partial charge in [-0.2, -0.15) is 0 Å². The summed E-state index contributed by atoms with van der Waals surface area (Å²) < 4.78 is 0. The first kappa shape index (κ1) is 13.3. The van der Waals surface area contributed by atoms with Crippen molar-refractivity contribution < 1.29 is 15.3 Å². The van der Waals surface area contributed by atoms with E-state index in [2.05, 4.69) is 0 Å². The van der Waals surface area contributed by atoms with E-state index >= 15 is 0 Å². The highest BCUT2D eigenvalue weighted by Gasteiger charge is 2.27. The van der Waals surface area contributed by atoms with Crippen molar-refractivity contribution in [2.75, 3.05) is 0 Å². The van der Waals surface area contributed by atoms with Gasteiger partial charge in [0.25, 0.3) is 0 Å². The number of aliphatic hydroxyl groups is 3. The summed E-state index contributed by atoms with van der Waals surface area (Å²) in [6.07, 6.45) is 8.20. The smallest absolute Gasteiger partial charge is 0.0567 e. The van der Waals surface area contributed by atoms with Gasteiger partial charge in [-0.3, -0.25) is 0 Å². The summed E-state index contributed by atoms with van der Waals surface area (Å²) in [5.74, 6) is 1.26. The van der Waals surface area contributed by atoms with E-state index in [4.69, 9.17) is 0 Å². The average molecular weight is 242 g/mol. The second-order valence-electron chi connectivity index (χ2n) is 6.13. The molecule has 3 nitrogen and oxygen atoms in total. The van der Waals surface area contributed by atoms with Crippen LogP contribution in [0.1, 0.15) is 57.8 Å². The first-order chi connectivity index (χ1) is 8.13. The van der Waals surface area contributed by atoms with Crippen LogP contribution in [0.15, 0.2) is 0 Å². The van der Waals surface area contributed by atoms with Crippen molar-refractivity contribution in [1.82, 2.24) is 0 Å². The summed E-state index contributed by atoms with van der Waals surface area (Å²) in [7, 11) is 0. The van der Waals surface area contributed by atoms with E-state index in [0.717, 1.165) is 50.9 Å². The van der Waals surface area contributed by atoms with Crippen molar-refractivity contribution in [3.05, 3.63) is 0 Å². The molecule has 0 bridgehead atoms. The molecule has 3 heteroatoms. The molecule has 0 saturated heterocycles. The van der Waals surface area contributed by atoms with Crippen molar-refractivity contribution in [3.8, 4) is 0 Å². The molecule has 0 aromatic heterocycles. The molecule has 0 aromatic carbocycles. The Labute approximate surface area is 104 Å². The maximum Gasteiger partial charge on any atom is 0.0567 e. The Bertz CT molecular complexity index is 214. The van der Waals surface area contributed by atoms with Gasteiger partial charge in [-0.25, -0.2) is 0 Å². The molecule has 2 rings (SSSR count). The van der Waals surface area contributed by atoms with Crippen LogP contribution >= 0.6 is 0 Å². The molecule has 100 valence electrons. The first-order valence-electron chi connectivity index (χ1n) is 7.17. The molecule has 2 aliphatic carbocycles. The van der Waals surface area contributed by atoms with Crippen molar-refractivity contribution in [1.29, 1.82) is 0 Å². The molecule has 2 aliphatic rings. The lowest BCUT2D eigenvalue weighted by atomic mass is 9.78. The van der Waals surface area contributed by atoms with Gasteiger partial charge in [0, 0.05) is 0 Å². The molecule has 2 fully saturated rings. The minimum atomic E-state index is -0.295. The van der Waals surface area contributed by atoms with Gasteiger partial charge < -0.3 is 15.3 Å². The third-order valence-corrected chi connectivity index (χ3v) is 4.55. The lowest BCUT2D eigenvalue weighted by Crippen LogP contribution is -2.30. The van der Waals surface area contributed by atoms with Crippen LogP contribution in [-0.2, 0) is 0 Å². The Hall–Kier alpha value is -0.120. The summed E-state index contributed by atoms with van der Waals surface area (Å²) >= 11 is 0. The summed E-state index contributed by atoms with van der Waals surface area (Å²) in [5, 5.41) is 28.7. The summed E-state index contributed by atoms with van der Waals surface area (Å²) in [6, 6.07) is 0. The molecule has 2 saturated carbocycles. The zero-order valence-corrected chi connectivity index (χ0v) is 10.6. The Kier molecular flexibility index (Phi) is 4.83. The highest BCUT2D eigenvalue weighted by molar-refractivity contribution is 4.79. The molecule has 0 heterocycles. The molecule has 0 aliphatic heterocycles. The molecular formula is C14H26O3. The van der Waals surface area contributed by atoms with E-state index in [-0.39, 0.29) is 18.3 Å². The van der Waals surface area contributed by atoms with Crippen molar-refractivity contribution in [3.63, 3.8) is 0 Å². The van der Waals surface area contributed by atoms with E-state index in [1.165, 1.54) is 6.42 Å². The van der Waals surface area contributed by atoms with Gasteiger partial charge in [0.05, 0.1) is 18.3 Å². The zero-order valence-electron chi connectivity index (χ0n) is 10.6. The fraction of sp³-hybridized carbons (Fsp3) is 1.00. The van der Waals surface area contributed by atoms with Crippen LogP contribution in [0, 0.1) is 11.8 Å². The number of hydrogen-bond acceptors (Lipinski definition) is 3. The van der Waals surface area contributed by atoms with Crippen molar-refractivity contribution >= 4 is 0 Å². The normalized spacial score (nSPS) is 43.6. The highest BCUT2D eigenvalue weighted by atomic mass is 16.3. The second-order valence-corrected chi connectivity index (χ2v) is 6.13. The lowest BCUT2D eigenvalue weighted by molar-refractivity contribution is 0.00993. The fourth-order valence-corrected chi connectivity index (χ4v) is 3.51. The maximum atomic E-state index is 9.63. The predicted molar refractivity (Wildman–Crippen MR) is 66.6 cm³/mol.